The first kappa shape index (κ1) is 17.1. The van der Waals surface area contributed by atoms with Gasteiger partial charge in [-0.05, 0) is 44.6 Å². The zero-order valence-electron chi connectivity index (χ0n) is 13.3. The van der Waals surface area contributed by atoms with E-state index in [0.29, 0.717) is 10.9 Å². The summed E-state index contributed by atoms with van der Waals surface area (Å²) in [5.41, 5.74) is -2.04. The van der Waals surface area contributed by atoms with E-state index >= 15 is 0 Å². The summed E-state index contributed by atoms with van der Waals surface area (Å²) in [6, 6.07) is 1.42. The van der Waals surface area contributed by atoms with Crippen molar-refractivity contribution in [3.63, 3.8) is 0 Å². The van der Waals surface area contributed by atoms with Crippen LogP contribution in [0, 0.1) is 16.6 Å². The number of hydrogen-bond donors (Lipinski definition) is 2. The van der Waals surface area contributed by atoms with Crippen molar-refractivity contribution in [3.8, 4) is 0 Å². The van der Waals surface area contributed by atoms with E-state index in [1.165, 1.54) is 12.3 Å². The molecule has 0 radical (unpaired) electrons. The van der Waals surface area contributed by atoms with E-state index in [0.717, 1.165) is 0 Å². The topological polar surface area (TPSA) is 48.9 Å². The van der Waals surface area contributed by atoms with Crippen molar-refractivity contribution < 1.29 is 22.7 Å². The van der Waals surface area contributed by atoms with Gasteiger partial charge in [-0.25, -0.2) is 4.39 Å². The second-order valence-corrected chi connectivity index (χ2v) is 7.87. The Hall–Kier alpha value is -1.34. The number of nitrogens with one attached hydrogen (secondary N) is 1. The average Bonchev–Trinajstić information content (AvgIpc) is 3.04. The number of aliphatic hydroxyl groups excluding tert-OH is 1. The Morgan fingerprint density at radius 1 is 1.16 bits per heavy atom. The van der Waals surface area contributed by atoms with Crippen molar-refractivity contribution in [2.24, 2.45) is 10.8 Å². The summed E-state index contributed by atoms with van der Waals surface area (Å²) in [4.78, 5) is 0. The Morgan fingerprint density at radius 2 is 1.76 bits per heavy atom. The number of alkyl halides is 3. The molecule has 1 unspecified atom stereocenters. The van der Waals surface area contributed by atoms with Crippen LogP contribution in [0.25, 0.3) is 10.9 Å². The minimum Gasteiger partial charge on any atom is -0.388 e. The molecule has 25 heavy (non-hydrogen) atoms. The predicted octanol–water partition coefficient (Wildman–Crippen LogP) is 5.29. The molecule has 0 saturated heterocycles. The van der Waals surface area contributed by atoms with Crippen molar-refractivity contribution in [3.05, 3.63) is 28.7 Å². The van der Waals surface area contributed by atoms with Crippen LogP contribution in [-0.4, -0.2) is 21.5 Å². The summed E-state index contributed by atoms with van der Waals surface area (Å²) in [5, 5.41) is 18.0. The monoisotopic (exact) mass is 376 g/mol. The van der Waals surface area contributed by atoms with E-state index in [1.54, 1.807) is 0 Å². The molecule has 3 saturated carbocycles. The van der Waals surface area contributed by atoms with Gasteiger partial charge in [-0.1, -0.05) is 11.6 Å². The highest BCUT2D eigenvalue weighted by molar-refractivity contribution is 6.31. The van der Waals surface area contributed by atoms with Crippen molar-refractivity contribution in [1.29, 1.82) is 0 Å². The lowest BCUT2D eigenvalue weighted by molar-refractivity contribution is -0.267. The number of hydrogen-bond acceptors (Lipinski definition) is 2. The van der Waals surface area contributed by atoms with Gasteiger partial charge < -0.3 is 5.11 Å². The quantitative estimate of drug-likeness (QED) is 0.699. The molecule has 1 heterocycles. The standard InChI is InChI=1S/C17H17ClF4N2O/c18-10-7-9-8-23-24-13(9)11(12(10)19)14(25)15-1-4-16(5-2-15,6-3-15)17(20,21)22/h7-8,14,25H,1-6H2,(H,23,24). The summed E-state index contributed by atoms with van der Waals surface area (Å²) in [5.74, 6) is -0.737. The molecule has 3 aliphatic carbocycles. The smallest absolute Gasteiger partial charge is 0.388 e. The fourth-order valence-corrected chi connectivity index (χ4v) is 4.89. The van der Waals surface area contributed by atoms with Crippen molar-refractivity contribution in [2.75, 3.05) is 0 Å². The number of aromatic nitrogens is 2. The highest BCUT2D eigenvalue weighted by Crippen LogP contribution is 2.66. The van der Waals surface area contributed by atoms with Crippen molar-refractivity contribution in [2.45, 2.75) is 50.8 Å². The molecule has 0 spiro atoms. The van der Waals surface area contributed by atoms with Crippen molar-refractivity contribution in [1.82, 2.24) is 10.2 Å². The minimum absolute atomic E-state index is 0.0152. The van der Waals surface area contributed by atoms with Crippen LogP contribution in [0.4, 0.5) is 17.6 Å². The fraction of sp³-hybridized carbons (Fsp3) is 0.588. The zero-order chi connectivity index (χ0) is 18.0. The molecule has 3 aliphatic rings. The van der Waals surface area contributed by atoms with Gasteiger partial charge in [0.1, 0.15) is 5.82 Å². The van der Waals surface area contributed by atoms with Gasteiger partial charge in [0, 0.05) is 16.4 Å². The normalized spacial score (nSPS) is 30.8. The first-order valence-corrected chi connectivity index (χ1v) is 8.63. The summed E-state index contributed by atoms with van der Waals surface area (Å²) >= 11 is 5.94. The summed E-state index contributed by atoms with van der Waals surface area (Å²) in [6.45, 7) is 0. The molecule has 2 bridgehead atoms. The van der Waals surface area contributed by atoms with Gasteiger partial charge >= 0.3 is 6.18 Å². The lowest BCUT2D eigenvalue weighted by Crippen LogP contribution is -2.51. The number of H-pyrrole nitrogens is 1. The van der Waals surface area contributed by atoms with Gasteiger partial charge in [-0.3, -0.25) is 5.10 Å². The molecule has 2 aromatic rings. The number of nitrogens with zero attached hydrogens (tertiary/aromatic N) is 1. The van der Waals surface area contributed by atoms with Gasteiger partial charge in [-0.15, -0.1) is 0 Å². The van der Waals surface area contributed by atoms with Crippen LogP contribution >= 0.6 is 11.6 Å². The number of aromatic amines is 1. The van der Waals surface area contributed by atoms with Crippen molar-refractivity contribution >= 4 is 22.5 Å². The molecule has 0 amide bonds. The molecule has 1 aromatic heterocycles. The van der Waals surface area contributed by atoms with E-state index in [1.807, 2.05) is 0 Å². The molecule has 8 heteroatoms. The SMILES string of the molecule is OC(c1c(F)c(Cl)cc2cn[nH]c12)C12CCC(C(F)(F)F)(CC1)CC2. The van der Waals surface area contributed by atoms with Crippen LogP contribution < -0.4 is 0 Å². The summed E-state index contributed by atoms with van der Waals surface area (Å²) in [7, 11) is 0. The molecule has 3 nitrogen and oxygen atoms in total. The van der Waals surface area contributed by atoms with E-state index in [-0.39, 0.29) is 49.1 Å². The Labute approximate surface area is 146 Å². The highest BCUT2D eigenvalue weighted by Gasteiger charge is 2.63. The second-order valence-electron chi connectivity index (χ2n) is 7.46. The second kappa shape index (κ2) is 5.33. The van der Waals surface area contributed by atoms with Crippen LogP contribution in [0.5, 0.6) is 0 Å². The van der Waals surface area contributed by atoms with Gasteiger partial charge in [-0.2, -0.15) is 18.3 Å². The molecular formula is C17H17ClF4N2O. The Bertz CT molecular complexity index is 807. The van der Waals surface area contributed by atoms with Crippen LogP contribution in [0.3, 0.4) is 0 Å². The first-order chi connectivity index (χ1) is 11.7. The van der Waals surface area contributed by atoms with E-state index in [4.69, 9.17) is 11.6 Å². The third kappa shape index (κ3) is 2.31. The largest absolute Gasteiger partial charge is 0.394 e. The lowest BCUT2D eigenvalue weighted by atomic mass is 9.51. The Balaban J connectivity index is 1.73. The maximum atomic E-state index is 14.7. The fourth-order valence-electron chi connectivity index (χ4n) is 4.67. The molecule has 2 N–H and O–H groups in total. The van der Waals surface area contributed by atoms with Crippen LogP contribution in [0.15, 0.2) is 12.3 Å². The third-order valence-electron chi connectivity index (χ3n) is 6.43. The number of aliphatic hydroxyl groups is 1. The van der Waals surface area contributed by atoms with Crippen LogP contribution in [0.1, 0.15) is 50.2 Å². The van der Waals surface area contributed by atoms with Gasteiger partial charge in [0.15, 0.2) is 0 Å². The van der Waals surface area contributed by atoms with E-state index < -0.39 is 28.9 Å². The summed E-state index contributed by atoms with van der Waals surface area (Å²) in [6.07, 6.45) is -3.40. The van der Waals surface area contributed by atoms with Gasteiger partial charge in [0.05, 0.1) is 28.3 Å². The number of fused-ring (bicyclic) bond motifs is 4. The maximum Gasteiger partial charge on any atom is 0.394 e. The zero-order valence-corrected chi connectivity index (χ0v) is 14.0. The van der Waals surface area contributed by atoms with Crippen LogP contribution in [-0.2, 0) is 0 Å². The molecule has 1 aromatic carbocycles. The molecule has 3 fully saturated rings. The predicted molar refractivity (Wildman–Crippen MR) is 84.6 cm³/mol. The first-order valence-electron chi connectivity index (χ1n) is 8.25. The molecule has 0 aliphatic heterocycles. The molecule has 136 valence electrons. The molecule has 1 atom stereocenters. The molecular weight excluding hydrogens is 360 g/mol. The van der Waals surface area contributed by atoms with E-state index in [9.17, 15) is 22.7 Å². The Morgan fingerprint density at radius 3 is 2.32 bits per heavy atom. The van der Waals surface area contributed by atoms with E-state index in [2.05, 4.69) is 10.2 Å². The van der Waals surface area contributed by atoms with Gasteiger partial charge in [0.2, 0.25) is 0 Å². The van der Waals surface area contributed by atoms with Gasteiger partial charge in [0.25, 0.3) is 0 Å². The highest BCUT2D eigenvalue weighted by atomic mass is 35.5. The van der Waals surface area contributed by atoms with Crippen LogP contribution in [0.2, 0.25) is 5.02 Å². The number of benzene rings is 1. The number of halogens is 5. The summed E-state index contributed by atoms with van der Waals surface area (Å²) < 4.78 is 54.9. The Kier molecular flexibility index (Phi) is 3.64. The average molecular weight is 377 g/mol. The third-order valence-corrected chi connectivity index (χ3v) is 6.70. The maximum absolute atomic E-state index is 14.7. The minimum atomic E-state index is -4.23. The lowest BCUT2D eigenvalue weighted by Gasteiger charge is -2.55. The number of rotatable bonds is 2. The molecule has 5 rings (SSSR count).